The average Bonchev–Trinajstić information content (AvgIpc) is 2.61. The molecule has 0 amide bonds. The Hall–Kier alpha value is -1.97. The molecule has 2 aromatic rings. The minimum atomic E-state index is 0.598. The number of nitrogens with zero attached hydrogens (tertiary/aromatic N) is 3. The standard InChI is InChI=1S/C10H8N4/c1-2-4-8-7(3-1)5-11-6-9-10(8)13-14-12-9/h1-5H,6H2,(H,12,13,14). The molecule has 68 valence electrons. The van der Waals surface area contributed by atoms with Gasteiger partial charge in [-0.25, -0.2) is 0 Å². The van der Waals surface area contributed by atoms with Crippen LogP contribution in [0.4, 0.5) is 0 Å². The first-order valence-electron chi connectivity index (χ1n) is 4.44. The van der Waals surface area contributed by atoms with Gasteiger partial charge in [0.15, 0.2) is 0 Å². The van der Waals surface area contributed by atoms with Crippen LogP contribution in [0.5, 0.6) is 0 Å². The maximum Gasteiger partial charge on any atom is 0.118 e. The summed E-state index contributed by atoms with van der Waals surface area (Å²) in [5.41, 5.74) is 4.02. The molecular weight excluding hydrogens is 176 g/mol. The van der Waals surface area contributed by atoms with Gasteiger partial charge in [-0.2, -0.15) is 15.4 Å². The molecule has 14 heavy (non-hydrogen) atoms. The van der Waals surface area contributed by atoms with E-state index in [9.17, 15) is 0 Å². The second-order valence-corrected chi connectivity index (χ2v) is 3.18. The summed E-state index contributed by atoms with van der Waals surface area (Å²) in [4.78, 5) is 4.28. The fraction of sp³-hybridized carbons (Fsp3) is 0.100. The van der Waals surface area contributed by atoms with E-state index in [0.29, 0.717) is 6.54 Å². The minimum absolute atomic E-state index is 0.598. The van der Waals surface area contributed by atoms with Crippen molar-refractivity contribution in [1.82, 2.24) is 15.4 Å². The number of H-pyrrole nitrogens is 1. The number of nitrogens with one attached hydrogen (secondary N) is 1. The normalized spacial score (nSPS) is 13.1. The lowest BCUT2D eigenvalue weighted by molar-refractivity contribution is 0.899. The van der Waals surface area contributed by atoms with Gasteiger partial charge in [0.05, 0.1) is 6.54 Å². The molecule has 0 spiro atoms. The third-order valence-corrected chi connectivity index (χ3v) is 2.31. The van der Waals surface area contributed by atoms with Crippen LogP contribution < -0.4 is 0 Å². The summed E-state index contributed by atoms with van der Waals surface area (Å²) in [7, 11) is 0. The predicted octanol–water partition coefficient (Wildman–Crippen LogP) is 1.40. The summed E-state index contributed by atoms with van der Waals surface area (Å²) >= 11 is 0. The number of benzene rings is 1. The molecule has 1 aromatic carbocycles. The van der Waals surface area contributed by atoms with E-state index in [1.165, 1.54) is 0 Å². The van der Waals surface area contributed by atoms with Crippen LogP contribution in [0, 0.1) is 0 Å². The number of fused-ring (bicyclic) bond motifs is 3. The predicted molar refractivity (Wildman–Crippen MR) is 53.1 cm³/mol. The van der Waals surface area contributed by atoms with E-state index in [1.54, 1.807) is 0 Å². The topological polar surface area (TPSA) is 53.9 Å². The zero-order valence-corrected chi connectivity index (χ0v) is 7.44. The molecule has 2 heterocycles. The van der Waals surface area contributed by atoms with Crippen LogP contribution in [0.1, 0.15) is 11.3 Å². The van der Waals surface area contributed by atoms with Gasteiger partial charge in [-0.05, 0) is 0 Å². The van der Waals surface area contributed by atoms with Gasteiger partial charge in [0, 0.05) is 17.3 Å². The number of aromatic amines is 1. The van der Waals surface area contributed by atoms with Gasteiger partial charge in [0.25, 0.3) is 0 Å². The molecule has 0 unspecified atom stereocenters. The third-order valence-electron chi connectivity index (χ3n) is 2.31. The van der Waals surface area contributed by atoms with E-state index in [2.05, 4.69) is 20.4 Å². The summed E-state index contributed by atoms with van der Waals surface area (Å²) < 4.78 is 0. The second kappa shape index (κ2) is 2.77. The van der Waals surface area contributed by atoms with Crippen LogP contribution in [0.2, 0.25) is 0 Å². The van der Waals surface area contributed by atoms with Crippen molar-refractivity contribution in [3.8, 4) is 11.3 Å². The molecule has 1 aliphatic heterocycles. The summed E-state index contributed by atoms with van der Waals surface area (Å²) in [6.45, 7) is 0.598. The van der Waals surface area contributed by atoms with Crippen molar-refractivity contribution in [3.05, 3.63) is 35.5 Å². The van der Waals surface area contributed by atoms with Crippen LogP contribution >= 0.6 is 0 Å². The quantitative estimate of drug-likeness (QED) is 0.672. The van der Waals surface area contributed by atoms with E-state index in [1.807, 2.05) is 30.5 Å². The molecule has 1 N–H and O–H groups in total. The highest BCUT2D eigenvalue weighted by molar-refractivity contribution is 5.90. The van der Waals surface area contributed by atoms with Crippen molar-refractivity contribution in [2.45, 2.75) is 6.54 Å². The van der Waals surface area contributed by atoms with Crippen LogP contribution in [0.3, 0.4) is 0 Å². The Bertz CT molecular complexity index is 498. The first-order chi connectivity index (χ1) is 6.95. The molecule has 1 aromatic heterocycles. The zero-order valence-electron chi connectivity index (χ0n) is 7.44. The lowest BCUT2D eigenvalue weighted by Gasteiger charge is -1.99. The van der Waals surface area contributed by atoms with Gasteiger partial charge in [0.1, 0.15) is 11.4 Å². The highest BCUT2D eigenvalue weighted by Gasteiger charge is 2.14. The number of hydrogen-bond donors (Lipinski definition) is 1. The highest BCUT2D eigenvalue weighted by Crippen LogP contribution is 2.25. The first-order valence-corrected chi connectivity index (χ1v) is 4.44. The molecular formula is C10H8N4. The Balaban J connectivity index is 2.34. The maximum atomic E-state index is 4.28. The summed E-state index contributed by atoms with van der Waals surface area (Å²) in [6, 6.07) is 8.06. The second-order valence-electron chi connectivity index (χ2n) is 3.18. The summed E-state index contributed by atoms with van der Waals surface area (Å²) in [5.74, 6) is 0. The maximum absolute atomic E-state index is 4.28. The van der Waals surface area contributed by atoms with E-state index in [0.717, 1.165) is 22.5 Å². The molecule has 0 bridgehead atoms. The fourth-order valence-corrected chi connectivity index (χ4v) is 1.63. The number of aromatic nitrogens is 3. The molecule has 1 aliphatic rings. The van der Waals surface area contributed by atoms with E-state index < -0.39 is 0 Å². The molecule has 0 saturated carbocycles. The van der Waals surface area contributed by atoms with Gasteiger partial charge < -0.3 is 0 Å². The van der Waals surface area contributed by atoms with Gasteiger partial charge in [-0.15, -0.1) is 0 Å². The molecule has 0 atom stereocenters. The summed E-state index contributed by atoms with van der Waals surface area (Å²) in [5, 5.41) is 10.8. The van der Waals surface area contributed by atoms with E-state index >= 15 is 0 Å². The molecule has 0 radical (unpaired) electrons. The van der Waals surface area contributed by atoms with Crippen molar-refractivity contribution >= 4 is 6.21 Å². The van der Waals surface area contributed by atoms with Crippen molar-refractivity contribution < 1.29 is 0 Å². The SMILES string of the molecule is C1=NCc2n[nH]nc2-c2ccccc21. The Labute approximate surface area is 80.7 Å². The molecule has 0 fully saturated rings. The number of rotatable bonds is 0. The van der Waals surface area contributed by atoms with Crippen molar-refractivity contribution in [3.63, 3.8) is 0 Å². The first kappa shape index (κ1) is 7.44. The smallest absolute Gasteiger partial charge is 0.118 e. The lowest BCUT2D eigenvalue weighted by Crippen LogP contribution is -1.87. The molecule has 4 nitrogen and oxygen atoms in total. The number of aliphatic imine (C=N–C) groups is 1. The molecule has 0 saturated heterocycles. The third kappa shape index (κ3) is 0.970. The Morgan fingerprint density at radius 3 is 3.07 bits per heavy atom. The van der Waals surface area contributed by atoms with Crippen molar-refractivity contribution in [2.24, 2.45) is 4.99 Å². The van der Waals surface area contributed by atoms with Gasteiger partial charge in [0.2, 0.25) is 0 Å². The Morgan fingerprint density at radius 2 is 2.07 bits per heavy atom. The van der Waals surface area contributed by atoms with E-state index in [4.69, 9.17) is 0 Å². The average molecular weight is 184 g/mol. The van der Waals surface area contributed by atoms with Crippen molar-refractivity contribution in [1.29, 1.82) is 0 Å². The Morgan fingerprint density at radius 1 is 1.14 bits per heavy atom. The van der Waals surface area contributed by atoms with E-state index in [-0.39, 0.29) is 0 Å². The van der Waals surface area contributed by atoms with Gasteiger partial charge >= 0.3 is 0 Å². The van der Waals surface area contributed by atoms with Crippen molar-refractivity contribution in [2.75, 3.05) is 0 Å². The molecule has 0 aliphatic carbocycles. The number of hydrogen-bond acceptors (Lipinski definition) is 3. The van der Waals surface area contributed by atoms with Crippen LogP contribution in [-0.2, 0) is 6.54 Å². The Kier molecular flexibility index (Phi) is 1.47. The zero-order chi connectivity index (χ0) is 9.38. The highest BCUT2D eigenvalue weighted by atomic mass is 15.3. The van der Waals surface area contributed by atoms with Crippen LogP contribution in [-0.4, -0.2) is 21.6 Å². The summed E-state index contributed by atoms with van der Waals surface area (Å²) in [6.07, 6.45) is 1.87. The van der Waals surface area contributed by atoms with Gasteiger partial charge in [-0.1, -0.05) is 24.3 Å². The molecule has 4 heteroatoms. The molecule has 3 rings (SSSR count). The lowest BCUT2D eigenvalue weighted by atomic mass is 10.1. The van der Waals surface area contributed by atoms with Crippen LogP contribution in [0.15, 0.2) is 29.3 Å². The van der Waals surface area contributed by atoms with Gasteiger partial charge in [-0.3, -0.25) is 4.99 Å². The largest absolute Gasteiger partial charge is 0.286 e. The monoisotopic (exact) mass is 184 g/mol. The minimum Gasteiger partial charge on any atom is -0.286 e. The van der Waals surface area contributed by atoms with Crippen LogP contribution in [0.25, 0.3) is 11.3 Å². The fourth-order valence-electron chi connectivity index (χ4n) is 1.63.